The molecule has 0 aliphatic carbocycles. The lowest BCUT2D eigenvalue weighted by Crippen LogP contribution is -1.96. The van der Waals surface area contributed by atoms with Crippen LogP contribution in [0.1, 0.15) is 5.69 Å². The van der Waals surface area contributed by atoms with Gasteiger partial charge in [0.25, 0.3) is 0 Å². The van der Waals surface area contributed by atoms with Gasteiger partial charge >= 0.3 is 0 Å². The van der Waals surface area contributed by atoms with Crippen molar-refractivity contribution in [1.29, 1.82) is 0 Å². The van der Waals surface area contributed by atoms with Crippen LogP contribution in [0.15, 0.2) is 42.7 Å². The molecule has 0 aromatic carbocycles. The number of pyridine rings is 2. The second kappa shape index (κ2) is 3.41. The predicted molar refractivity (Wildman–Crippen MR) is 61.4 cm³/mol. The third-order valence-corrected chi connectivity index (χ3v) is 2.39. The molecule has 0 aliphatic heterocycles. The third kappa shape index (κ3) is 1.44. The Morgan fingerprint density at radius 2 is 2.00 bits per heavy atom. The maximum absolute atomic E-state index is 4.42. The van der Waals surface area contributed by atoms with Gasteiger partial charge in [-0.1, -0.05) is 6.07 Å². The van der Waals surface area contributed by atoms with Crippen molar-refractivity contribution in [2.75, 3.05) is 0 Å². The first-order valence-electron chi connectivity index (χ1n) is 5.07. The standard InChI is InChI=1S/C12H10N4/c1-9-5-6-10-11(14-9)8-16(15-10)12-4-2-3-7-13-12/h2-8H,1H3. The molecule has 0 N–H and O–H groups in total. The number of rotatable bonds is 1. The van der Waals surface area contributed by atoms with E-state index in [0.29, 0.717) is 0 Å². The number of hydrogen-bond donors (Lipinski definition) is 0. The lowest BCUT2D eigenvalue weighted by Gasteiger charge is -1.96. The number of nitrogens with zero attached hydrogens (tertiary/aromatic N) is 4. The highest BCUT2D eigenvalue weighted by Crippen LogP contribution is 2.12. The summed E-state index contributed by atoms with van der Waals surface area (Å²) in [5, 5.41) is 4.42. The summed E-state index contributed by atoms with van der Waals surface area (Å²) in [6.07, 6.45) is 3.64. The molecule has 0 spiro atoms. The predicted octanol–water partition coefficient (Wildman–Crippen LogP) is 2.12. The molecular formula is C12H10N4. The number of aryl methyl sites for hydroxylation is 1. The van der Waals surface area contributed by atoms with Gasteiger partial charge in [-0.3, -0.25) is 0 Å². The maximum atomic E-state index is 4.42. The second-order valence-corrected chi connectivity index (χ2v) is 3.62. The number of hydrogen-bond acceptors (Lipinski definition) is 3. The summed E-state index contributed by atoms with van der Waals surface area (Å²) in [6.45, 7) is 1.97. The fourth-order valence-corrected chi connectivity index (χ4v) is 1.62. The number of aromatic nitrogens is 4. The van der Waals surface area contributed by atoms with Gasteiger partial charge in [-0.15, -0.1) is 0 Å². The van der Waals surface area contributed by atoms with Crippen molar-refractivity contribution >= 4 is 11.0 Å². The van der Waals surface area contributed by atoms with Gasteiger partial charge in [0.1, 0.15) is 11.0 Å². The Kier molecular flexibility index (Phi) is 1.93. The highest BCUT2D eigenvalue weighted by Gasteiger charge is 2.03. The molecule has 0 radical (unpaired) electrons. The van der Waals surface area contributed by atoms with Crippen LogP contribution >= 0.6 is 0 Å². The first-order chi connectivity index (χ1) is 7.83. The monoisotopic (exact) mass is 210 g/mol. The molecule has 0 amide bonds. The molecule has 0 saturated carbocycles. The minimum Gasteiger partial charge on any atom is -0.250 e. The number of fused-ring (bicyclic) bond motifs is 1. The van der Waals surface area contributed by atoms with Gasteiger partial charge in [0.05, 0.1) is 6.20 Å². The van der Waals surface area contributed by atoms with E-state index in [9.17, 15) is 0 Å². The summed E-state index contributed by atoms with van der Waals surface area (Å²) in [6, 6.07) is 9.66. The van der Waals surface area contributed by atoms with Crippen LogP contribution in [-0.2, 0) is 0 Å². The molecule has 3 aromatic rings. The molecule has 0 bridgehead atoms. The van der Waals surface area contributed by atoms with Gasteiger partial charge in [0.2, 0.25) is 0 Å². The Hall–Kier alpha value is -2.23. The van der Waals surface area contributed by atoms with Crippen LogP contribution in [0.5, 0.6) is 0 Å². The van der Waals surface area contributed by atoms with E-state index >= 15 is 0 Å². The zero-order chi connectivity index (χ0) is 11.0. The largest absolute Gasteiger partial charge is 0.250 e. The third-order valence-electron chi connectivity index (χ3n) is 2.39. The van der Waals surface area contributed by atoms with E-state index in [1.54, 1.807) is 10.9 Å². The summed E-state index contributed by atoms with van der Waals surface area (Å²) in [5.74, 6) is 0.804. The lowest BCUT2D eigenvalue weighted by atomic mass is 10.3. The topological polar surface area (TPSA) is 43.6 Å². The Morgan fingerprint density at radius 3 is 2.81 bits per heavy atom. The second-order valence-electron chi connectivity index (χ2n) is 3.62. The molecule has 4 nitrogen and oxygen atoms in total. The molecule has 3 rings (SSSR count). The average molecular weight is 210 g/mol. The van der Waals surface area contributed by atoms with Crippen molar-refractivity contribution < 1.29 is 0 Å². The molecule has 4 heteroatoms. The average Bonchev–Trinajstić information content (AvgIpc) is 2.73. The van der Waals surface area contributed by atoms with E-state index in [-0.39, 0.29) is 0 Å². The first kappa shape index (κ1) is 9.03. The molecule has 0 fully saturated rings. The van der Waals surface area contributed by atoms with Crippen LogP contribution in [0.2, 0.25) is 0 Å². The minimum absolute atomic E-state index is 0.804. The molecule has 16 heavy (non-hydrogen) atoms. The van der Waals surface area contributed by atoms with Gasteiger partial charge in [0.15, 0.2) is 5.82 Å². The van der Waals surface area contributed by atoms with Crippen LogP contribution in [0.4, 0.5) is 0 Å². The van der Waals surface area contributed by atoms with Crippen molar-refractivity contribution in [3.05, 3.63) is 48.4 Å². The van der Waals surface area contributed by atoms with E-state index in [1.807, 2.05) is 43.5 Å². The Bertz CT molecular complexity index is 628. The quantitative estimate of drug-likeness (QED) is 0.618. The van der Waals surface area contributed by atoms with E-state index in [4.69, 9.17) is 0 Å². The Balaban J connectivity index is 2.19. The Morgan fingerprint density at radius 1 is 1.06 bits per heavy atom. The molecule has 0 atom stereocenters. The van der Waals surface area contributed by atoms with Gasteiger partial charge < -0.3 is 0 Å². The van der Waals surface area contributed by atoms with Gasteiger partial charge in [-0.25, -0.2) is 14.6 Å². The highest BCUT2D eigenvalue weighted by molar-refractivity contribution is 5.73. The molecular weight excluding hydrogens is 200 g/mol. The van der Waals surface area contributed by atoms with Crippen LogP contribution in [0.3, 0.4) is 0 Å². The van der Waals surface area contributed by atoms with E-state index in [0.717, 1.165) is 22.5 Å². The van der Waals surface area contributed by atoms with Crippen LogP contribution < -0.4 is 0 Å². The van der Waals surface area contributed by atoms with Gasteiger partial charge in [0, 0.05) is 11.9 Å². The van der Waals surface area contributed by atoms with Crippen molar-refractivity contribution in [2.24, 2.45) is 0 Å². The molecule has 0 unspecified atom stereocenters. The zero-order valence-electron chi connectivity index (χ0n) is 8.83. The van der Waals surface area contributed by atoms with Gasteiger partial charge in [-0.05, 0) is 31.2 Å². The van der Waals surface area contributed by atoms with Crippen molar-refractivity contribution in [1.82, 2.24) is 19.7 Å². The summed E-state index contributed by atoms with van der Waals surface area (Å²) in [4.78, 5) is 8.65. The Labute approximate surface area is 92.6 Å². The van der Waals surface area contributed by atoms with E-state index < -0.39 is 0 Å². The van der Waals surface area contributed by atoms with E-state index in [2.05, 4.69) is 15.1 Å². The fourth-order valence-electron chi connectivity index (χ4n) is 1.62. The van der Waals surface area contributed by atoms with Crippen molar-refractivity contribution in [3.8, 4) is 5.82 Å². The summed E-state index contributed by atoms with van der Waals surface area (Å²) in [5.41, 5.74) is 2.77. The lowest BCUT2D eigenvalue weighted by molar-refractivity contribution is 0.860. The van der Waals surface area contributed by atoms with Crippen molar-refractivity contribution in [2.45, 2.75) is 6.92 Å². The summed E-state index contributed by atoms with van der Waals surface area (Å²) < 4.78 is 1.75. The first-order valence-corrected chi connectivity index (χ1v) is 5.07. The smallest absolute Gasteiger partial charge is 0.153 e. The van der Waals surface area contributed by atoms with Crippen LogP contribution in [0.25, 0.3) is 16.9 Å². The SMILES string of the molecule is Cc1ccc2nn(-c3ccccn3)cc2n1. The summed E-state index contributed by atoms with van der Waals surface area (Å²) in [7, 11) is 0. The summed E-state index contributed by atoms with van der Waals surface area (Å²) >= 11 is 0. The normalized spacial score (nSPS) is 10.8. The van der Waals surface area contributed by atoms with Gasteiger partial charge in [-0.2, -0.15) is 5.10 Å². The van der Waals surface area contributed by atoms with Crippen molar-refractivity contribution in [3.63, 3.8) is 0 Å². The maximum Gasteiger partial charge on any atom is 0.153 e. The molecule has 78 valence electrons. The van der Waals surface area contributed by atoms with Crippen LogP contribution in [0, 0.1) is 6.92 Å². The molecule has 3 heterocycles. The minimum atomic E-state index is 0.804. The fraction of sp³-hybridized carbons (Fsp3) is 0.0833. The molecule has 0 aliphatic rings. The highest BCUT2D eigenvalue weighted by atomic mass is 15.3. The van der Waals surface area contributed by atoms with Crippen LogP contribution in [-0.4, -0.2) is 19.7 Å². The molecule has 0 saturated heterocycles. The zero-order valence-corrected chi connectivity index (χ0v) is 8.83. The van der Waals surface area contributed by atoms with E-state index in [1.165, 1.54) is 0 Å². The molecule has 3 aromatic heterocycles.